The van der Waals surface area contributed by atoms with Gasteiger partial charge in [0.05, 0.1) is 12.2 Å². The molecule has 4 heteroatoms. The summed E-state index contributed by atoms with van der Waals surface area (Å²) in [4.78, 5) is 10.3. The Morgan fingerprint density at radius 1 is 0.885 bits per heavy atom. The van der Waals surface area contributed by atoms with Crippen LogP contribution in [0.5, 0.6) is 0 Å². The van der Waals surface area contributed by atoms with Gasteiger partial charge >= 0.3 is 5.97 Å². The number of allylic oxidation sites excluding steroid dienone is 8. The van der Waals surface area contributed by atoms with Crippen molar-refractivity contribution < 1.29 is 20.1 Å². The fourth-order valence-corrected chi connectivity index (χ4v) is 1.92. The number of carboxylic acid groups (broad SMARTS) is 1. The van der Waals surface area contributed by atoms with E-state index in [1.807, 2.05) is 42.5 Å². The maximum absolute atomic E-state index is 10.3. The molecular weight excluding hydrogens is 328 g/mol. The number of hydrogen-bond donors (Lipinski definition) is 3. The summed E-state index contributed by atoms with van der Waals surface area (Å²) in [6.45, 7) is 2.06. The van der Waals surface area contributed by atoms with E-state index in [-0.39, 0.29) is 6.42 Å². The number of aliphatic hydroxyl groups is 2. The van der Waals surface area contributed by atoms with Gasteiger partial charge in [0.1, 0.15) is 0 Å². The van der Waals surface area contributed by atoms with E-state index in [1.165, 1.54) is 0 Å². The minimum atomic E-state index is -0.797. The second-order valence-electron chi connectivity index (χ2n) is 5.75. The number of aliphatic hydroxyl groups excluding tert-OH is 2. The third-order valence-electron chi connectivity index (χ3n) is 3.28. The fraction of sp³-hybridized carbons (Fsp3) is 0.409. The molecule has 0 saturated carbocycles. The van der Waals surface area contributed by atoms with Crippen molar-refractivity contribution in [1.82, 2.24) is 0 Å². The Labute approximate surface area is 157 Å². The summed E-state index contributed by atoms with van der Waals surface area (Å²) in [6, 6.07) is 0. The second kappa shape index (κ2) is 17.6. The van der Waals surface area contributed by atoms with Crippen molar-refractivity contribution in [3.8, 4) is 0 Å². The normalized spacial score (nSPS) is 15.5. The molecule has 0 heterocycles. The van der Waals surface area contributed by atoms with Gasteiger partial charge in [0.25, 0.3) is 0 Å². The van der Waals surface area contributed by atoms with Crippen LogP contribution in [0.1, 0.15) is 45.4 Å². The summed E-state index contributed by atoms with van der Waals surface area (Å²) in [5.41, 5.74) is 0. The van der Waals surface area contributed by atoms with E-state index in [4.69, 9.17) is 5.11 Å². The molecule has 0 amide bonds. The molecule has 0 unspecified atom stereocenters. The van der Waals surface area contributed by atoms with Gasteiger partial charge in [0.15, 0.2) is 0 Å². The highest BCUT2D eigenvalue weighted by Gasteiger charge is 1.94. The third-order valence-corrected chi connectivity index (χ3v) is 3.28. The molecule has 0 aromatic carbocycles. The Morgan fingerprint density at radius 2 is 1.58 bits per heavy atom. The molecule has 0 rings (SSSR count). The van der Waals surface area contributed by atoms with Crippen molar-refractivity contribution in [2.45, 2.75) is 57.7 Å². The average Bonchev–Trinajstić information content (AvgIpc) is 2.60. The minimum Gasteiger partial charge on any atom is -0.481 e. The molecule has 3 N–H and O–H groups in total. The maximum Gasteiger partial charge on any atom is 0.303 e. The molecule has 144 valence electrons. The quantitative estimate of drug-likeness (QED) is 0.242. The van der Waals surface area contributed by atoms with Gasteiger partial charge in [0.2, 0.25) is 0 Å². The molecule has 2 atom stereocenters. The first-order valence-electron chi connectivity index (χ1n) is 9.12. The first kappa shape index (κ1) is 23.8. The first-order chi connectivity index (χ1) is 12.6. The number of hydrogen-bond acceptors (Lipinski definition) is 3. The van der Waals surface area contributed by atoms with E-state index in [9.17, 15) is 15.0 Å². The van der Waals surface area contributed by atoms with Gasteiger partial charge in [0, 0.05) is 6.42 Å². The Balaban J connectivity index is 3.87. The number of aliphatic carboxylic acids is 1. The molecule has 0 aromatic heterocycles. The van der Waals surface area contributed by atoms with Crippen LogP contribution in [0.25, 0.3) is 0 Å². The van der Waals surface area contributed by atoms with Crippen LogP contribution in [-0.4, -0.2) is 33.5 Å². The van der Waals surface area contributed by atoms with Crippen molar-refractivity contribution in [2.75, 3.05) is 0 Å². The van der Waals surface area contributed by atoms with Crippen molar-refractivity contribution in [3.63, 3.8) is 0 Å². The van der Waals surface area contributed by atoms with E-state index in [0.29, 0.717) is 19.3 Å². The molecule has 0 fully saturated rings. The van der Waals surface area contributed by atoms with E-state index in [2.05, 4.69) is 6.92 Å². The summed E-state index contributed by atoms with van der Waals surface area (Å²) in [7, 11) is 0. The second-order valence-corrected chi connectivity index (χ2v) is 5.75. The molecule has 0 aliphatic heterocycles. The Hall–Kier alpha value is -2.17. The molecular formula is C22H32O4. The monoisotopic (exact) mass is 360 g/mol. The lowest BCUT2D eigenvalue weighted by Gasteiger charge is -1.98. The lowest BCUT2D eigenvalue weighted by Crippen LogP contribution is -1.98. The van der Waals surface area contributed by atoms with Crippen LogP contribution in [0.15, 0.2) is 72.9 Å². The van der Waals surface area contributed by atoms with Gasteiger partial charge in [-0.25, -0.2) is 0 Å². The predicted molar refractivity (Wildman–Crippen MR) is 108 cm³/mol. The summed E-state index contributed by atoms with van der Waals surface area (Å²) < 4.78 is 0. The van der Waals surface area contributed by atoms with Gasteiger partial charge < -0.3 is 15.3 Å². The standard InChI is InChI=1S/C22H32O4/c1-2-3-10-15-20(23)16-11-7-5-4-6-8-12-17-21(24)18-13-9-14-19-22(25)26/h3,5-8,10-13,16-18,20-21,23-24H,2,4,9,14-15,19H2,1H3,(H,25,26)/t20-,21+/m0/s1. The molecule has 4 nitrogen and oxygen atoms in total. The highest BCUT2D eigenvalue weighted by Crippen LogP contribution is 1.99. The summed E-state index contributed by atoms with van der Waals surface area (Å²) in [5, 5.41) is 27.9. The van der Waals surface area contributed by atoms with Gasteiger partial charge in [-0.3, -0.25) is 4.79 Å². The zero-order valence-corrected chi connectivity index (χ0v) is 15.6. The highest BCUT2D eigenvalue weighted by atomic mass is 16.4. The van der Waals surface area contributed by atoms with E-state index >= 15 is 0 Å². The van der Waals surface area contributed by atoms with Gasteiger partial charge in [-0.2, -0.15) is 0 Å². The first-order valence-corrected chi connectivity index (χ1v) is 9.12. The predicted octanol–water partition coefficient (Wildman–Crippen LogP) is 4.49. The van der Waals surface area contributed by atoms with Crippen LogP contribution in [0.3, 0.4) is 0 Å². The maximum atomic E-state index is 10.3. The Morgan fingerprint density at radius 3 is 2.23 bits per heavy atom. The molecule has 0 aromatic rings. The van der Waals surface area contributed by atoms with E-state index in [1.54, 1.807) is 30.4 Å². The fourth-order valence-electron chi connectivity index (χ4n) is 1.92. The smallest absolute Gasteiger partial charge is 0.303 e. The lowest BCUT2D eigenvalue weighted by atomic mass is 10.2. The Kier molecular flexibility index (Phi) is 16.2. The van der Waals surface area contributed by atoms with E-state index < -0.39 is 18.2 Å². The zero-order chi connectivity index (χ0) is 19.5. The largest absolute Gasteiger partial charge is 0.481 e. The van der Waals surface area contributed by atoms with Crippen LogP contribution in [0, 0.1) is 0 Å². The molecule has 0 aliphatic rings. The highest BCUT2D eigenvalue weighted by molar-refractivity contribution is 5.66. The van der Waals surface area contributed by atoms with Crippen LogP contribution in [0.2, 0.25) is 0 Å². The average molecular weight is 360 g/mol. The van der Waals surface area contributed by atoms with Crippen molar-refractivity contribution in [2.24, 2.45) is 0 Å². The summed E-state index contributed by atoms with van der Waals surface area (Å²) >= 11 is 0. The topological polar surface area (TPSA) is 77.8 Å². The lowest BCUT2D eigenvalue weighted by molar-refractivity contribution is -0.137. The molecule has 0 spiro atoms. The number of unbranched alkanes of at least 4 members (excludes halogenated alkanes) is 1. The van der Waals surface area contributed by atoms with Gasteiger partial charge in [-0.15, -0.1) is 0 Å². The van der Waals surface area contributed by atoms with Gasteiger partial charge in [-0.1, -0.05) is 79.8 Å². The van der Waals surface area contributed by atoms with Crippen LogP contribution < -0.4 is 0 Å². The number of carbonyl (C=O) groups is 1. The van der Waals surface area contributed by atoms with Crippen molar-refractivity contribution >= 4 is 5.97 Å². The summed E-state index contributed by atoms with van der Waals surface area (Å²) in [6.07, 6.45) is 24.9. The summed E-state index contributed by atoms with van der Waals surface area (Å²) in [5.74, 6) is -0.797. The van der Waals surface area contributed by atoms with Crippen molar-refractivity contribution in [1.29, 1.82) is 0 Å². The SMILES string of the molecule is CCC=CC[C@H](O)C=CC=CCC=CC=C[C@@H](O)C=CCCCC(=O)O. The molecule has 26 heavy (non-hydrogen) atoms. The molecule has 0 radical (unpaired) electrons. The number of carboxylic acids is 1. The minimum absolute atomic E-state index is 0.149. The van der Waals surface area contributed by atoms with E-state index in [0.717, 1.165) is 12.8 Å². The van der Waals surface area contributed by atoms with Crippen LogP contribution in [0.4, 0.5) is 0 Å². The molecule has 0 aliphatic carbocycles. The van der Waals surface area contributed by atoms with Crippen molar-refractivity contribution in [3.05, 3.63) is 72.9 Å². The number of rotatable bonds is 14. The van der Waals surface area contributed by atoms with Gasteiger partial charge in [-0.05, 0) is 32.1 Å². The molecule has 0 bridgehead atoms. The zero-order valence-electron chi connectivity index (χ0n) is 15.6. The third kappa shape index (κ3) is 18.2. The Bertz CT molecular complexity index is 524. The van der Waals surface area contributed by atoms with Crippen LogP contribution >= 0.6 is 0 Å². The van der Waals surface area contributed by atoms with Crippen LogP contribution in [-0.2, 0) is 4.79 Å². The molecule has 0 saturated heterocycles.